The van der Waals surface area contributed by atoms with E-state index in [9.17, 15) is 38.4 Å². The number of carbonyl (C=O) groups is 8. The van der Waals surface area contributed by atoms with Crippen molar-refractivity contribution in [2.75, 3.05) is 20.4 Å². The summed E-state index contributed by atoms with van der Waals surface area (Å²) in [5.74, 6) is -2.30. The quantitative estimate of drug-likeness (QED) is 0.0439. The standard InChI is InChI=1S/C15H28N2O5.C12H21NO4.C9H17NO3/c1-10(2)6-12(16-5)14(19)21-9-22-15(20)13(17-8-18)7-11(3)4;1-5-17-12(16)10(6-8(2)3)13-11(15)7-9(4)14;1-4-8(11)10-7(9(12)13)5-6(2)3/h8,10-13,16H,6-7,9H2,1-5H3,(H,17,18);8,10H,5-7H2,1-4H3,(H,13,15);6-7H,4-5H2,1-3H3,(H,10,11)(H,12,13). The van der Waals surface area contributed by atoms with Crippen molar-refractivity contribution >= 4 is 47.9 Å². The largest absolute Gasteiger partial charge is 0.480 e. The molecule has 0 saturated heterocycles. The van der Waals surface area contributed by atoms with E-state index in [4.69, 9.17) is 19.3 Å². The first-order valence-corrected chi connectivity index (χ1v) is 17.8. The normalized spacial score (nSPS) is 12.8. The van der Waals surface area contributed by atoms with Crippen molar-refractivity contribution in [2.24, 2.45) is 23.7 Å². The van der Waals surface area contributed by atoms with Crippen LogP contribution in [-0.2, 0) is 52.6 Å². The van der Waals surface area contributed by atoms with Gasteiger partial charge in [-0.25, -0.2) is 14.4 Å². The van der Waals surface area contributed by atoms with E-state index in [0.717, 1.165) is 0 Å². The van der Waals surface area contributed by atoms with Crippen molar-refractivity contribution in [1.29, 1.82) is 0 Å². The third-order valence-electron chi connectivity index (χ3n) is 6.69. The Morgan fingerprint density at radius 1 is 0.615 bits per heavy atom. The lowest BCUT2D eigenvalue weighted by molar-refractivity contribution is -0.171. The summed E-state index contributed by atoms with van der Waals surface area (Å²) in [7, 11) is 1.67. The molecule has 0 aliphatic rings. The van der Waals surface area contributed by atoms with Crippen LogP contribution >= 0.6 is 0 Å². The van der Waals surface area contributed by atoms with Gasteiger partial charge >= 0.3 is 23.9 Å². The molecule has 0 aromatic rings. The molecule has 3 amide bonds. The van der Waals surface area contributed by atoms with Gasteiger partial charge in [0, 0.05) is 6.42 Å². The number of hydrogen-bond acceptors (Lipinski definition) is 12. The Morgan fingerprint density at radius 2 is 1.02 bits per heavy atom. The van der Waals surface area contributed by atoms with Gasteiger partial charge in [0.25, 0.3) is 0 Å². The smallest absolute Gasteiger partial charge is 0.331 e. The fraction of sp³-hybridized carbons (Fsp3) is 0.778. The molecule has 16 heteroatoms. The Morgan fingerprint density at radius 3 is 1.40 bits per heavy atom. The molecule has 0 aliphatic heterocycles. The molecular weight excluding hydrogens is 680 g/mol. The number of carboxylic acid groups (broad SMARTS) is 1. The molecule has 0 fully saturated rings. The predicted octanol–water partition coefficient (Wildman–Crippen LogP) is 2.90. The number of amides is 3. The van der Waals surface area contributed by atoms with Gasteiger partial charge < -0.3 is 40.6 Å². The van der Waals surface area contributed by atoms with Crippen molar-refractivity contribution < 1.29 is 57.7 Å². The molecule has 0 aromatic heterocycles. The van der Waals surface area contributed by atoms with E-state index in [1.54, 1.807) is 20.9 Å². The number of carbonyl (C=O) groups excluding carboxylic acids is 7. The van der Waals surface area contributed by atoms with E-state index in [2.05, 4.69) is 21.3 Å². The van der Waals surface area contributed by atoms with E-state index in [-0.39, 0.29) is 42.5 Å². The van der Waals surface area contributed by atoms with Gasteiger partial charge in [-0.15, -0.1) is 0 Å². The number of ether oxygens (including phenoxy) is 3. The van der Waals surface area contributed by atoms with Crippen LogP contribution < -0.4 is 21.3 Å². The minimum atomic E-state index is -0.962. The maximum absolute atomic E-state index is 11.8. The van der Waals surface area contributed by atoms with E-state index in [0.29, 0.717) is 44.4 Å². The van der Waals surface area contributed by atoms with Gasteiger partial charge in [-0.1, -0.05) is 62.3 Å². The molecule has 302 valence electrons. The molecule has 52 heavy (non-hydrogen) atoms. The van der Waals surface area contributed by atoms with Crippen LogP contribution in [0.5, 0.6) is 0 Å². The topological polar surface area (TPSA) is 233 Å². The highest BCUT2D eigenvalue weighted by Crippen LogP contribution is 2.09. The number of ketones is 1. The maximum atomic E-state index is 11.8. The first-order valence-electron chi connectivity index (χ1n) is 17.8. The second-order valence-corrected chi connectivity index (χ2v) is 13.8. The molecule has 0 saturated carbocycles. The number of rotatable bonds is 23. The van der Waals surface area contributed by atoms with Crippen LogP contribution in [-0.4, -0.2) is 97.6 Å². The molecule has 16 nitrogen and oxygen atoms in total. The monoisotopic (exact) mass is 746 g/mol. The van der Waals surface area contributed by atoms with Crippen LogP contribution in [0.4, 0.5) is 0 Å². The van der Waals surface area contributed by atoms with Crippen LogP contribution in [0.15, 0.2) is 0 Å². The molecule has 5 N–H and O–H groups in total. The van der Waals surface area contributed by atoms with Crippen LogP contribution in [0.1, 0.15) is 115 Å². The second kappa shape index (κ2) is 30.5. The van der Waals surface area contributed by atoms with E-state index >= 15 is 0 Å². The first-order chi connectivity index (χ1) is 24.1. The van der Waals surface area contributed by atoms with Crippen molar-refractivity contribution in [3.05, 3.63) is 0 Å². The highest BCUT2D eigenvalue weighted by Gasteiger charge is 2.25. The second-order valence-electron chi connectivity index (χ2n) is 13.8. The maximum Gasteiger partial charge on any atom is 0.331 e. The zero-order valence-corrected chi connectivity index (χ0v) is 33.3. The molecule has 0 aliphatic carbocycles. The minimum Gasteiger partial charge on any atom is -0.480 e. The fourth-order valence-corrected chi connectivity index (χ4v) is 4.33. The van der Waals surface area contributed by atoms with Crippen molar-refractivity contribution in [3.8, 4) is 0 Å². The molecular formula is C36H66N4O12. The zero-order chi connectivity index (χ0) is 41.0. The fourth-order valence-electron chi connectivity index (χ4n) is 4.33. The SMILES string of the molecule is CCC(=O)NC(CC(C)C)C(=O)O.CCOC(=O)C(CC(C)C)NC(=O)CC(C)=O.CNC(CC(C)C)C(=O)OCOC(=O)C(CC(C)C)NC=O. The lowest BCUT2D eigenvalue weighted by Crippen LogP contribution is -2.43. The van der Waals surface area contributed by atoms with Gasteiger partial charge in [0.2, 0.25) is 25.0 Å². The molecule has 0 aromatic carbocycles. The molecule has 0 heterocycles. The van der Waals surface area contributed by atoms with E-state index < -0.39 is 60.7 Å². The Bertz CT molecular complexity index is 1100. The van der Waals surface area contributed by atoms with E-state index in [1.807, 2.05) is 55.4 Å². The third kappa shape index (κ3) is 29.6. The predicted molar refractivity (Wildman–Crippen MR) is 194 cm³/mol. The number of Topliss-reactive ketones (excluding diaryl/α,β-unsaturated/α-hetero) is 1. The van der Waals surface area contributed by atoms with Crippen LogP contribution in [0.2, 0.25) is 0 Å². The lowest BCUT2D eigenvalue weighted by Gasteiger charge is -2.19. The molecule has 0 radical (unpaired) electrons. The average Bonchev–Trinajstić information content (AvgIpc) is 3.02. The molecule has 4 atom stereocenters. The number of likely N-dealkylation sites (N-methyl/N-ethyl adjacent to an activating group) is 1. The van der Waals surface area contributed by atoms with Crippen molar-refractivity contribution in [1.82, 2.24) is 21.3 Å². The summed E-state index contributed by atoms with van der Waals surface area (Å²) in [6.45, 7) is 20.2. The van der Waals surface area contributed by atoms with Gasteiger partial charge in [-0.3, -0.25) is 24.0 Å². The van der Waals surface area contributed by atoms with Gasteiger partial charge in [0.15, 0.2) is 0 Å². The highest BCUT2D eigenvalue weighted by atomic mass is 16.7. The Kier molecular flexibility index (Phi) is 30.7. The summed E-state index contributed by atoms with van der Waals surface area (Å²) < 4.78 is 14.7. The summed E-state index contributed by atoms with van der Waals surface area (Å²) in [4.78, 5) is 89.5. The number of hydrogen-bond donors (Lipinski definition) is 5. The summed E-state index contributed by atoms with van der Waals surface area (Å²) in [6.07, 6.45) is 2.64. The Hall–Kier alpha value is -4.08. The zero-order valence-electron chi connectivity index (χ0n) is 33.3. The Balaban J connectivity index is -0.000000718. The summed E-state index contributed by atoms with van der Waals surface area (Å²) >= 11 is 0. The third-order valence-corrected chi connectivity index (χ3v) is 6.69. The van der Waals surface area contributed by atoms with Crippen molar-refractivity contribution in [3.63, 3.8) is 0 Å². The average molecular weight is 747 g/mol. The minimum absolute atomic E-state index is 0.200. The summed E-state index contributed by atoms with van der Waals surface area (Å²) in [6, 6.07) is -2.57. The molecule has 0 spiro atoms. The van der Waals surface area contributed by atoms with Gasteiger partial charge in [-0.2, -0.15) is 0 Å². The summed E-state index contributed by atoms with van der Waals surface area (Å²) in [5, 5.41) is 19.0. The molecule has 0 bridgehead atoms. The number of esters is 3. The molecule has 0 rings (SSSR count). The Labute approximate surface area is 309 Å². The highest BCUT2D eigenvalue weighted by molar-refractivity contribution is 5.98. The van der Waals surface area contributed by atoms with Crippen molar-refractivity contribution in [2.45, 2.75) is 139 Å². The van der Waals surface area contributed by atoms with Gasteiger partial charge in [0.05, 0.1) is 13.0 Å². The van der Waals surface area contributed by atoms with Gasteiger partial charge in [-0.05, 0) is 70.3 Å². The number of carboxylic acids is 1. The number of nitrogens with one attached hydrogen (secondary N) is 4. The van der Waals surface area contributed by atoms with Crippen LogP contribution in [0.3, 0.4) is 0 Å². The first kappa shape index (κ1) is 52.3. The van der Waals surface area contributed by atoms with E-state index in [1.165, 1.54) is 6.92 Å². The van der Waals surface area contributed by atoms with Gasteiger partial charge in [0.1, 0.15) is 30.0 Å². The lowest BCUT2D eigenvalue weighted by atomic mass is 10.0. The summed E-state index contributed by atoms with van der Waals surface area (Å²) in [5.41, 5.74) is 0. The number of aliphatic carboxylic acids is 1. The van der Waals surface area contributed by atoms with Crippen LogP contribution in [0.25, 0.3) is 0 Å². The molecule has 4 unspecified atom stereocenters. The van der Waals surface area contributed by atoms with Crippen LogP contribution in [0, 0.1) is 23.7 Å².